The molecule has 0 unspecified atom stereocenters. The Morgan fingerprint density at radius 1 is 1.05 bits per heavy atom. The molecule has 6 nitrogen and oxygen atoms in total. The molecule has 0 bridgehead atoms. The van der Waals surface area contributed by atoms with Crippen molar-refractivity contribution in [2.75, 3.05) is 5.32 Å². The third-order valence-corrected chi connectivity index (χ3v) is 3.44. The highest BCUT2D eigenvalue weighted by Crippen LogP contribution is 2.25. The van der Waals surface area contributed by atoms with Crippen molar-refractivity contribution in [3.63, 3.8) is 0 Å². The Morgan fingerprint density at radius 3 is 2.19 bits per heavy atom. The van der Waals surface area contributed by atoms with Gasteiger partial charge >= 0.3 is 10.2 Å². The minimum Gasteiger partial charge on any atom is -0.508 e. The zero-order chi connectivity index (χ0) is 15.6. The second-order valence-corrected chi connectivity index (χ2v) is 5.44. The average Bonchev–Trinajstić information content (AvgIpc) is 2.37. The van der Waals surface area contributed by atoms with Crippen LogP contribution in [0.4, 0.5) is 9.57 Å². The topological polar surface area (TPSA) is 104 Å². The molecular weight excluding hydrogens is 301 g/mol. The number of phenolic OH excluding ortho intramolecular Hbond substituents is 2. The molecule has 2 rings (SSSR count). The zero-order valence-electron chi connectivity index (χ0n) is 10.4. The fraction of sp³-hybridized carbons (Fsp3) is 0. The molecule has 0 aliphatic carbocycles. The van der Waals surface area contributed by atoms with Crippen LogP contribution in [0.25, 0.3) is 0 Å². The van der Waals surface area contributed by atoms with Crippen LogP contribution in [0.2, 0.25) is 0 Å². The number of aromatic hydroxyl groups is 2. The van der Waals surface area contributed by atoms with Crippen LogP contribution in [0.1, 0.15) is 10.4 Å². The van der Waals surface area contributed by atoms with E-state index in [-0.39, 0.29) is 22.7 Å². The molecule has 0 radical (unpaired) electrons. The summed E-state index contributed by atoms with van der Waals surface area (Å²) in [5.74, 6) is -1.49. The first kappa shape index (κ1) is 14.8. The van der Waals surface area contributed by atoms with Crippen molar-refractivity contribution < 1.29 is 27.3 Å². The maximum Gasteiger partial charge on any atom is 0.334 e. The number of benzene rings is 2. The predicted molar refractivity (Wildman–Crippen MR) is 72.5 cm³/mol. The summed E-state index contributed by atoms with van der Waals surface area (Å²) in [5.41, 5.74) is -0.355. The van der Waals surface area contributed by atoms with Gasteiger partial charge in [0.1, 0.15) is 16.4 Å². The molecule has 21 heavy (non-hydrogen) atoms. The van der Waals surface area contributed by atoms with Gasteiger partial charge < -0.3 is 15.5 Å². The van der Waals surface area contributed by atoms with Gasteiger partial charge in [0.05, 0.1) is 5.69 Å². The zero-order valence-corrected chi connectivity index (χ0v) is 11.3. The first-order chi connectivity index (χ1) is 9.77. The first-order valence-corrected chi connectivity index (χ1v) is 7.04. The summed E-state index contributed by atoms with van der Waals surface area (Å²) in [4.78, 5) is 11.3. The summed E-state index contributed by atoms with van der Waals surface area (Å²) in [6.45, 7) is 0. The van der Waals surface area contributed by atoms with Gasteiger partial charge in [0.2, 0.25) is 0 Å². The monoisotopic (exact) mass is 311 g/mol. The lowest BCUT2D eigenvalue weighted by molar-refractivity contribution is 0.102. The normalized spacial score (nSPS) is 11.1. The Labute approximate surface area is 119 Å². The van der Waals surface area contributed by atoms with Gasteiger partial charge in [-0.1, -0.05) is 12.1 Å². The number of carbonyl (C=O) groups excluding carboxylic acids is 1. The van der Waals surface area contributed by atoms with E-state index in [0.29, 0.717) is 0 Å². The molecule has 0 spiro atoms. The molecule has 0 saturated carbocycles. The van der Waals surface area contributed by atoms with Crippen LogP contribution in [-0.2, 0) is 10.2 Å². The van der Waals surface area contributed by atoms with Gasteiger partial charge in [0.15, 0.2) is 0 Å². The van der Waals surface area contributed by atoms with E-state index in [1.165, 1.54) is 18.2 Å². The van der Waals surface area contributed by atoms with Crippen molar-refractivity contribution in [3.8, 4) is 11.5 Å². The highest BCUT2D eigenvalue weighted by atomic mass is 32.3. The van der Waals surface area contributed by atoms with Crippen LogP contribution in [0.15, 0.2) is 47.4 Å². The van der Waals surface area contributed by atoms with Crippen LogP contribution < -0.4 is 5.32 Å². The van der Waals surface area contributed by atoms with Crippen molar-refractivity contribution in [2.24, 2.45) is 0 Å². The summed E-state index contributed by atoms with van der Waals surface area (Å²) in [6, 6.07) is 8.12. The average molecular weight is 311 g/mol. The summed E-state index contributed by atoms with van der Waals surface area (Å²) in [7, 11) is -4.99. The smallest absolute Gasteiger partial charge is 0.334 e. The number of halogens is 1. The predicted octanol–water partition coefficient (Wildman–Crippen LogP) is 2.01. The Kier molecular flexibility index (Phi) is 3.81. The molecule has 2 aromatic carbocycles. The lowest BCUT2D eigenvalue weighted by atomic mass is 10.2. The van der Waals surface area contributed by atoms with Gasteiger partial charge in [-0.15, -0.1) is 3.89 Å². The Bertz CT molecular complexity index is 784. The Hall–Kier alpha value is -2.61. The summed E-state index contributed by atoms with van der Waals surface area (Å²) >= 11 is 0. The van der Waals surface area contributed by atoms with E-state index in [0.717, 1.165) is 24.3 Å². The van der Waals surface area contributed by atoms with Gasteiger partial charge in [-0.05, 0) is 24.3 Å². The molecule has 1 amide bonds. The number of rotatable bonds is 3. The lowest BCUT2D eigenvalue weighted by Crippen LogP contribution is -2.13. The summed E-state index contributed by atoms with van der Waals surface area (Å²) < 4.78 is 35.1. The van der Waals surface area contributed by atoms with Gasteiger partial charge in [0, 0.05) is 11.6 Å². The molecule has 0 saturated heterocycles. The first-order valence-electron chi connectivity index (χ1n) is 5.65. The number of hydrogen-bond acceptors (Lipinski definition) is 5. The van der Waals surface area contributed by atoms with Gasteiger partial charge in [-0.2, -0.15) is 8.42 Å². The van der Waals surface area contributed by atoms with Gasteiger partial charge in [0.25, 0.3) is 5.91 Å². The molecule has 0 fully saturated rings. The van der Waals surface area contributed by atoms with Crippen LogP contribution >= 0.6 is 0 Å². The van der Waals surface area contributed by atoms with E-state index in [1.807, 2.05) is 0 Å². The minimum absolute atomic E-state index is 0.112. The fourth-order valence-electron chi connectivity index (χ4n) is 1.70. The maximum atomic E-state index is 13.1. The Balaban J connectivity index is 2.37. The number of carbonyl (C=O) groups is 1. The highest BCUT2D eigenvalue weighted by Gasteiger charge is 2.19. The molecule has 110 valence electrons. The van der Waals surface area contributed by atoms with Crippen LogP contribution in [0.3, 0.4) is 0 Å². The molecule has 0 aliphatic heterocycles. The molecule has 3 N–H and O–H groups in total. The molecular formula is C13H10FNO5S. The lowest BCUT2D eigenvalue weighted by Gasteiger charge is -2.09. The van der Waals surface area contributed by atoms with Crippen molar-refractivity contribution in [2.45, 2.75) is 4.90 Å². The summed E-state index contributed by atoms with van der Waals surface area (Å²) in [6.07, 6.45) is 0. The Morgan fingerprint density at radius 2 is 1.62 bits per heavy atom. The largest absolute Gasteiger partial charge is 0.508 e. The van der Waals surface area contributed by atoms with Gasteiger partial charge in [-0.25, -0.2) is 0 Å². The third-order valence-electron chi connectivity index (χ3n) is 2.56. The number of anilines is 1. The van der Waals surface area contributed by atoms with Crippen molar-refractivity contribution in [1.29, 1.82) is 0 Å². The standard InChI is InChI=1S/C13H10FNO5S/c14-21(19,20)12-4-2-1-3-11(12)15-13(18)8-5-9(16)7-10(17)6-8/h1-7,16-17H,(H,15,18). The molecule has 0 atom stereocenters. The van der Waals surface area contributed by atoms with Crippen molar-refractivity contribution in [1.82, 2.24) is 0 Å². The second-order valence-electron chi connectivity index (χ2n) is 4.13. The van der Waals surface area contributed by atoms with E-state index in [2.05, 4.69) is 5.32 Å². The maximum absolute atomic E-state index is 13.1. The van der Waals surface area contributed by atoms with Crippen LogP contribution in [-0.4, -0.2) is 24.5 Å². The quantitative estimate of drug-likeness (QED) is 0.752. The SMILES string of the molecule is O=C(Nc1ccccc1S(=O)(=O)F)c1cc(O)cc(O)c1. The van der Waals surface area contributed by atoms with E-state index >= 15 is 0 Å². The van der Waals surface area contributed by atoms with Crippen LogP contribution in [0, 0.1) is 0 Å². The molecule has 0 aliphatic rings. The molecule has 0 heterocycles. The van der Waals surface area contributed by atoms with E-state index in [1.54, 1.807) is 0 Å². The number of para-hydroxylation sites is 1. The number of amides is 1. The number of nitrogens with one attached hydrogen (secondary N) is 1. The van der Waals surface area contributed by atoms with Crippen molar-refractivity contribution in [3.05, 3.63) is 48.0 Å². The van der Waals surface area contributed by atoms with E-state index in [4.69, 9.17) is 0 Å². The van der Waals surface area contributed by atoms with Crippen molar-refractivity contribution >= 4 is 21.8 Å². The highest BCUT2D eigenvalue weighted by molar-refractivity contribution is 7.86. The number of hydrogen-bond donors (Lipinski definition) is 3. The minimum atomic E-state index is -4.99. The van der Waals surface area contributed by atoms with Crippen LogP contribution in [0.5, 0.6) is 11.5 Å². The summed E-state index contributed by atoms with van der Waals surface area (Å²) in [5, 5.41) is 20.8. The number of phenols is 2. The van der Waals surface area contributed by atoms with E-state index < -0.39 is 21.0 Å². The fourth-order valence-corrected chi connectivity index (χ4v) is 2.33. The third kappa shape index (κ3) is 3.48. The van der Waals surface area contributed by atoms with Gasteiger partial charge in [-0.3, -0.25) is 4.79 Å². The molecule has 8 heteroatoms. The molecule has 0 aromatic heterocycles. The second kappa shape index (κ2) is 5.41. The molecule has 2 aromatic rings. The van der Waals surface area contributed by atoms with E-state index in [9.17, 15) is 27.3 Å².